The minimum Gasteiger partial charge on any atom is -0.456 e. The van der Waals surface area contributed by atoms with Crippen LogP contribution in [0.5, 0.6) is 0 Å². The summed E-state index contributed by atoms with van der Waals surface area (Å²) in [6.07, 6.45) is 0. The molecule has 0 atom stereocenters. The Bertz CT molecular complexity index is 3040. The summed E-state index contributed by atoms with van der Waals surface area (Å²) in [4.78, 5) is 0. The topological polar surface area (TPSA) is 39.4 Å². The van der Waals surface area contributed by atoms with Gasteiger partial charge in [0, 0.05) is 54.7 Å². The number of furan rings is 3. The van der Waals surface area contributed by atoms with Gasteiger partial charge in [0.15, 0.2) is 0 Å². The zero-order valence-corrected chi connectivity index (χ0v) is 26.2. The van der Waals surface area contributed by atoms with Crippen molar-refractivity contribution in [2.24, 2.45) is 0 Å². The van der Waals surface area contributed by atoms with Crippen LogP contribution in [0.3, 0.4) is 0 Å². The zero-order chi connectivity index (χ0) is 32.1. The van der Waals surface area contributed by atoms with Crippen LogP contribution in [0.2, 0.25) is 0 Å². The summed E-state index contributed by atoms with van der Waals surface area (Å²) in [6.45, 7) is 0. The highest BCUT2D eigenvalue weighted by Gasteiger charge is 2.25. The number of hydrogen-bond acceptors (Lipinski definition) is 3. The Labute approximate surface area is 280 Å². The maximum Gasteiger partial charge on any atom is 0.144 e. The molecule has 0 aliphatic heterocycles. The van der Waals surface area contributed by atoms with Crippen molar-refractivity contribution < 1.29 is 13.3 Å². The molecule has 0 amide bonds. The van der Waals surface area contributed by atoms with Crippen LogP contribution in [-0.4, -0.2) is 0 Å². The van der Waals surface area contributed by atoms with E-state index in [1.807, 2.05) is 42.5 Å². The van der Waals surface area contributed by atoms with Crippen LogP contribution >= 0.6 is 0 Å². The molecule has 8 aromatic carbocycles. The molecule has 0 fully saturated rings. The summed E-state index contributed by atoms with van der Waals surface area (Å²) in [6, 6.07) is 55.2. The Morgan fingerprint density at radius 3 is 1.49 bits per heavy atom. The first kappa shape index (κ1) is 26.5. The third-order valence-corrected chi connectivity index (χ3v) is 10.1. The van der Waals surface area contributed by atoms with Crippen LogP contribution in [0.25, 0.3) is 110 Å². The van der Waals surface area contributed by atoms with Crippen LogP contribution in [0, 0.1) is 0 Å². The molecule has 0 unspecified atom stereocenters. The quantitative estimate of drug-likeness (QED) is 0.183. The molecule has 0 aliphatic rings. The fraction of sp³-hybridized carbons (Fsp3) is 0. The van der Waals surface area contributed by atoms with Crippen LogP contribution in [-0.2, 0) is 0 Å². The summed E-state index contributed by atoms with van der Waals surface area (Å²) in [5, 5.41) is 9.95. The summed E-state index contributed by atoms with van der Waals surface area (Å²) in [5.41, 5.74) is 9.77. The third-order valence-electron chi connectivity index (χ3n) is 10.1. The summed E-state index contributed by atoms with van der Waals surface area (Å²) in [7, 11) is 0. The van der Waals surface area contributed by atoms with Crippen molar-refractivity contribution in [3.8, 4) is 33.6 Å². The van der Waals surface area contributed by atoms with Crippen LogP contribution in [0.4, 0.5) is 0 Å². The fourth-order valence-electron chi connectivity index (χ4n) is 7.98. The van der Waals surface area contributed by atoms with Crippen LogP contribution in [0.1, 0.15) is 0 Å². The molecule has 0 aliphatic carbocycles. The molecule has 0 bridgehead atoms. The van der Waals surface area contributed by atoms with Crippen molar-refractivity contribution in [2.75, 3.05) is 0 Å². The lowest BCUT2D eigenvalue weighted by molar-refractivity contribution is 0.631. The number of hydrogen-bond donors (Lipinski definition) is 0. The Kier molecular flexibility index (Phi) is 5.38. The molecule has 3 aromatic heterocycles. The van der Waals surface area contributed by atoms with Crippen molar-refractivity contribution in [2.45, 2.75) is 0 Å². The molecule has 3 heteroatoms. The first-order valence-electron chi connectivity index (χ1n) is 16.6. The molecule has 0 saturated carbocycles. The van der Waals surface area contributed by atoms with Gasteiger partial charge in [0.05, 0.1) is 0 Å². The predicted molar refractivity (Wildman–Crippen MR) is 202 cm³/mol. The zero-order valence-electron chi connectivity index (χ0n) is 26.2. The minimum absolute atomic E-state index is 0.829. The van der Waals surface area contributed by atoms with E-state index in [0.29, 0.717) is 0 Å². The van der Waals surface area contributed by atoms with Gasteiger partial charge >= 0.3 is 0 Å². The predicted octanol–water partition coefficient (Wildman–Crippen LogP) is 13.5. The lowest BCUT2D eigenvalue weighted by atomic mass is 9.84. The number of rotatable bonds is 3. The molecule has 49 heavy (non-hydrogen) atoms. The van der Waals surface area contributed by atoms with Crippen molar-refractivity contribution in [1.82, 2.24) is 0 Å². The third kappa shape index (κ3) is 3.73. The van der Waals surface area contributed by atoms with Crippen molar-refractivity contribution in [3.05, 3.63) is 158 Å². The SMILES string of the molecule is c1ccc(-c2cc3c(-c4c5ccccc5c(-c5cccc6c5oc5ccccc56)c5ccccc45)c4oc5ccccc5c4cc3o2)cc1. The molecule has 0 N–H and O–H groups in total. The van der Waals surface area contributed by atoms with E-state index >= 15 is 0 Å². The van der Waals surface area contributed by atoms with Gasteiger partial charge in [0.25, 0.3) is 0 Å². The normalized spacial score (nSPS) is 12.1. The van der Waals surface area contributed by atoms with E-state index < -0.39 is 0 Å². The van der Waals surface area contributed by atoms with Crippen LogP contribution < -0.4 is 0 Å². The van der Waals surface area contributed by atoms with Gasteiger partial charge in [0.2, 0.25) is 0 Å². The highest BCUT2D eigenvalue weighted by molar-refractivity contribution is 6.29. The highest BCUT2D eigenvalue weighted by Crippen LogP contribution is 2.51. The van der Waals surface area contributed by atoms with E-state index in [1.54, 1.807) is 0 Å². The lowest BCUT2D eigenvalue weighted by Gasteiger charge is -2.18. The van der Waals surface area contributed by atoms with E-state index in [-0.39, 0.29) is 0 Å². The average Bonchev–Trinajstić information content (AvgIpc) is 3.87. The second kappa shape index (κ2) is 9.96. The maximum atomic E-state index is 6.81. The second-order valence-electron chi connectivity index (χ2n) is 12.7. The van der Waals surface area contributed by atoms with Crippen molar-refractivity contribution in [1.29, 1.82) is 0 Å². The van der Waals surface area contributed by atoms with Gasteiger partial charge in [-0.25, -0.2) is 0 Å². The highest BCUT2D eigenvalue weighted by atomic mass is 16.3. The van der Waals surface area contributed by atoms with E-state index in [0.717, 1.165) is 110 Å². The second-order valence-corrected chi connectivity index (χ2v) is 12.7. The number of benzene rings is 8. The molecule has 228 valence electrons. The number of fused-ring (bicyclic) bond motifs is 9. The largest absolute Gasteiger partial charge is 0.456 e. The van der Waals surface area contributed by atoms with E-state index in [1.165, 1.54) is 0 Å². The smallest absolute Gasteiger partial charge is 0.144 e. The first-order valence-corrected chi connectivity index (χ1v) is 16.6. The van der Waals surface area contributed by atoms with Gasteiger partial charge in [-0.2, -0.15) is 0 Å². The fourth-order valence-corrected chi connectivity index (χ4v) is 7.98. The Morgan fingerprint density at radius 1 is 0.286 bits per heavy atom. The Hall–Kier alpha value is -6.58. The van der Waals surface area contributed by atoms with Crippen molar-refractivity contribution in [3.63, 3.8) is 0 Å². The van der Waals surface area contributed by atoms with Crippen molar-refractivity contribution >= 4 is 76.4 Å². The molecule has 11 aromatic rings. The van der Waals surface area contributed by atoms with Crippen LogP contribution in [0.15, 0.2) is 171 Å². The summed E-state index contributed by atoms with van der Waals surface area (Å²) in [5.74, 6) is 0.829. The monoisotopic (exact) mass is 626 g/mol. The van der Waals surface area contributed by atoms with E-state index in [4.69, 9.17) is 13.3 Å². The van der Waals surface area contributed by atoms with Gasteiger partial charge in [-0.1, -0.05) is 133 Å². The standard InChI is InChI=1S/C46H26O3/c1-2-13-27(14-3-1)40-26-37-41(47-40)25-36-29-16-9-11-24-39(29)49-46(36)44(37)43-32-19-6-4-17-30(32)42(31-18-5-7-20-33(31)43)35-22-12-21-34-28-15-8-10-23-38(28)48-45(34)35/h1-26H. The summed E-state index contributed by atoms with van der Waals surface area (Å²) < 4.78 is 20.1. The van der Waals surface area contributed by atoms with Gasteiger partial charge < -0.3 is 13.3 Å². The van der Waals surface area contributed by atoms with E-state index in [2.05, 4.69) is 115 Å². The minimum atomic E-state index is 0.829. The Morgan fingerprint density at radius 2 is 0.816 bits per heavy atom. The number of para-hydroxylation sites is 3. The van der Waals surface area contributed by atoms with Gasteiger partial charge in [-0.15, -0.1) is 0 Å². The maximum absolute atomic E-state index is 6.81. The molecular weight excluding hydrogens is 601 g/mol. The van der Waals surface area contributed by atoms with Gasteiger partial charge in [-0.3, -0.25) is 0 Å². The Balaban J connectivity index is 1.32. The first-order chi connectivity index (χ1) is 24.3. The molecule has 0 spiro atoms. The van der Waals surface area contributed by atoms with E-state index in [9.17, 15) is 0 Å². The molecule has 11 rings (SSSR count). The molecule has 0 saturated heterocycles. The molecule has 3 nitrogen and oxygen atoms in total. The average molecular weight is 627 g/mol. The van der Waals surface area contributed by atoms with Gasteiger partial charge in [-0.05, 0) is 45.8 Å². The lowest BCUT2D eigenvalue weighted by Crippen LogP contribution is -1.92. The molecule has 0 radical (unpaired) electrons. The molecule has 3 heterocycles. The summed E-state index contributed by atoms with van der Waals surface area (Å²) >= 11 is 0. The van der Waals surface area contributed by atoms with Gasteiger partial charge in [0.1, 0.15) is 33.7 Å². The molecular formula is C46H26O3.